The van der Waals surface area contributed by atoms with E-state index in [-0.39, 0.29) is 18.0 Å². The third-order valence-electron chi connectivity index (χ3n) is 3.76. The summed E-state index contributed by atoms with van der Waals surface area (Å²) in [5, 5.41) is 12.3. The SMILES string of the molecule is Cc1nnc(-c2ccccc2)c(=O)n1/N=C\c1ccc2c(c1)OCO2. The van der Waals surface area contributed by atoms with Crippen LogP contribution in [0.5, 0.6) is 11.5 Å². The Morgan fingerprint density at radius 1 is 1.08 bits per heavy atom. The molecule has 1 aliphatic rings. The highest BCUT2D eigenvalue weighted by atomic mass is 16.7. The minimum absolute atomic E-state index is 0.212. The van der Waals surface area contributed by atoms with Crippen LogP contribution in [0.3, 0.4) is 0 Å². The molecule has 0 unspecified atom stereocenters. The molecule has 7 nitrogen and oxygen atoms in total. The zero-order chi connectivity index (χ0) is 17.2. The van der Waals surface area contributed by atoms with Crippen molar-refractivity contribution in [3.05, 3.63) is 70.3 Å². The molecule has 124 valence electrons. The number of rotatable bonds is 3. The fourth-order valence-electron chi connectivity index (χ4n) is 2.49. The van der Waals surface area contributed by atoms with E-state index in [1.807, 2.05) is 36.4 Å². The summed E-state index contributed by atoms with van der Waals surface area (Å²) in [5.41, 5.74) is 1.42. The largest absolute Gasteiger partial charge is 0.454 e. The number of aromatic nitrogens is 3. The number of aryl methyl sites for hydroxylation is 1. The van der Waals surface area contributed by atoms with Crippen LogP contribution in [0.4, 0.5) is 0 Å². The molecule has 0 N–H and O–H groups in total. The van der Waals surface area contributed by atoms with Crippen LogP contribution >= 0.6 is 0 Å². The van der Waals surface area contributed by atoms with Gasteiger partial charge in [-0.2, -0.15) is 9.78 Å². The van der Waals surface area contributed by atoms with E-state index in [9.17, 15) is 4.79 Å². The van der Waals surface area contributed by atoms with Crippen molar-refractivity contribution in [2.75, 3.05) is 6.79 Å². The Labute approximate surface area is 143 Å². The van der Waals surface area contributed by atoms with Gasteiger partial charge in [0.1, 0.15) is 0 Å². The molecule has 0 saturated heterocycles. The topological polar surface area (TPSA) is 78.6 Å². The first kappa shape index (κ1) is 15.1. The van der Waals surface area contributed by atoms with Crippen LogP contribution in [0.15, 0.2) is 58.4 Å². The number of benzene rings is 2. The highest BCUT2D eigenvalue weighted by molar-refractivity contribution is 5.81. The zero-order valence-electron chi connectivity index (χ0n) is 13.4. The Bertz CT molecular complexity index is 1010. The normalized spacial score (nSPS) is 12.7. The van der Waals surface area contributed by atoms with Crippen molar-refractivity contribution in [3.63, 3.8) is 0 Å². The van der Waals surface area contributed by atoms with Gasteiger partial charge in [-0.05, 0) is 30.7 Å². The molecule has 0 spiro atoms. The lowest BCUT2D eigenvalue weighted by molar-refractivity contribution is 0.174. The molecule has 0 saturated carbocycles. The van der Waals surface area contributed by atoms with E-state index in [1.165, 1.54) is 4.68 Å². The molecule has 7 heteroatoms. The van der Waals surface area contributed by atoms with Crippen molar-refractivity contribution < 1.29 is 9.47 Å². The summed E-state index contributed by atoms with van der Waals surface area (Å²) >= 11 is 0. The molecular formula is C18H14N4O3. The quantitative estimate of drug-likeness (QED) is 0.686. The average Bonchev–Trinajstić information content (AvgIpc) is 3.10. The molecule has 3 aromatic rings. The first-order valence-corrected chi connectivity index (χ1v) is 7.68. The monoisotopic (exact) mass is 334 g/mol. The molecule has 1 aromatic heterocycles. The number of fused-ring (bicyclic) bond motifs is 1. The third-order valence-corrected chi connectivity index (χ3v) is 3.76. The Morgan fingerprint density at radius 2 is 1.88 bits per heavy atom. The second-order valence-corrected chi connectivity index (χ2v) is 5.44. The van der Waals surface area contributed by atoms with Crippen molar-refractivity contribution in [2.45, 2.75) is 6.92 Å². The lowest BCUT2D eigenvalue weighted by atomic mass is 10.2. The molecule has 1 aliphatic heterocycles. The maximum atomic E-state index is 12.7. The summed E-state index contributed by atoms with van der Waals surface area (Å²) in [4.78, 5) is 12.7. The first-order chi connectivity index (χ1) is 12.2. The molecule has 0 bridgehead atoms. The van der Waals surface area contributed by atoms with Crippen LogP contribution in [-0.4, -0.2) is 27.9 Å². The van der Waals surface area contributed by atoms with Gasteiger partial charge in [0.15, 0.2) is 23.0 Å². The van der Waals surface area contributed by atoms with Gasteiger partial charge in [0.05, 0.1) is 6.21 Å². The molecule has 4 rings (SSSR count). The Hall–Kier alpha value is -3.48. The van der Waals surface area contributed by atoms with Crippen molar-refractivity contribution in [1.29, 1.82) is 0 Å². The minimum atomic E-state index is -0.323. The lowest BCUT2D eigenvalue weighted by Crippen LogP contribution is -2.23. The maximum Gasteiger partial charge on any atom is 0.301 e. The van der Waals surface area contributed by atoms with Gasteiger partial charge in [0.25, 0.3) is 0 Å². The van der Waals surface area contributed by atoms with Gasteiger partial charge >= 0.3 is 5.56 Å². The Balaban J connectivity index is 1.72. The van der Waals surface area contributed by atoms with Gasteiger partial charge in [0, 0.05) is 5.56 Å². The number of ether oxygens (including phenoxy) is 2. The standard InChI is InChI=1S/C18H14N4O3/c1-12-20-21-17(14-5-3-2-4-6-14)18(23)22(12)19-10-13-7-8-15-16(9-13)25-11-24-15/h2-10H,11H2,1H3/b19-10-. The van der Waals surface area contributed by atoms with Crippen molar-refractivity contribution in [2.24, 2.45) is 5.10 Å². The molecule has 2 heterocycles. The van der Waals surface area contributed by atoms with Gasteiger partial charge in [-0.3, -0.25) is 4.79 Å². The van der Waals surface area contributed by atoms with Gasteiger partial charge in [-0.25, -0.2) is 0 Å². The molecule has 0 aliphatic carbocycles. The highest BCUT2D eigenvalue weighted by Crippen LogP contribution is 2.31. The van der Waals surface area contributed by atoms with Gasteiger partial charge < -0.3 is 9.47 Å². The van der Waals surface area contributed by atoms with E-state index in [1.54, 1.807) is 25.3 Å². The van der Waals surface area contributed by atoms with E-state index in [2.05, 4.69) is 15.3 Å². The van der Waals surface area contributed by atoms with Crippen molar-refractivity contribution >= 4 is 6.21 Å². The first-order valence-electron chi connectivity index (χ1n) is 7.68. The summed E-state index contributed by atoms with van der Waals surface area (Å²) in [5.74, 6) is 1.76. The smallest absolute Gasteiger partial charge is 0.301 e. The molecular weight excluding hydrogens is 320 g/mol. The molecule has 0 amide bonds. The molecule has 25 heavy (non-hydrogen) atoms. The van der Waals surface area contributed by atoms with Crippen LogP contribution in [0.1, 0.15) is 11.4 Å². The van der Waals surface area contributed by atoms with Crippen LogP contribution < -0.4 is 15.0 Å². The summed E-state index contributed by atoms with van der Waals surface area (Å²) in [6.45, 7) is 1.89. The Morgan fingerprint density at radius 3 is 2.72 bits per heavy atom. The van der Waals surface area contributed by atoms with E-state index in [0.29, 0.717) is 22.9 Å². The number of hydrogen-bond acceptors (Lipinski definition) is 6. The fraction of sp³-hybridized carbons (Fsp3) is 0.111. The van der Waals surface area contributed by atoms with Crippen LogP contribution in [0.25, 0.3) is 11.3 Å². The third kappa shape index (κ3) is 2.87. The summed E-state index contributed by atoms with van der Waals surface area (Å²) in [6, 6.07) is 14.6. The van der Waals surface area contributed by atoms with Crippen molar-refractivity contribution in [3.8, 4) is 22.8 Å². The van der Waals surface area contributed by atoms with Gasteiger partial charge in [0.2, 0.25) is 6.79 Å². The fourth-order valence-corrected chi connectivity index (χ4v) is 2.49. The molecule has 2 aromatic carbocycles. The predicted molar refractivity (Wildman–Crippen MR) is 92.0 cm³/mol. The predicted octanol–water partition coefficient (Wildman–Crippen LogP) is 2.22. The molecule has 0 atom stereocenters. The van der Waals surface area contributed by atoms with Crippen LogP contribution in [0, 0.1) is 6.92 Å². The second kappa shape index (κ2) is 6.20. The summed E-state index contributed by atoms with van der Waals surface area (Å²) in [6.07, 6.45) is 1.58. The summed E-state index contributed by atoms with van der Waals surface area (Å²) in [7, 11) is 0. The zero-order valence-corrected chi connectivity index (χ0v) is 13.4. The van der Waals surface area contributed by atoms with E-state index < -0.39 is 0 Å². The molecule has 0 fully saturated rings. The van der Waals surface area contributed by atoms with E-state index in [4.69, 9.17) is 9.47 Å². The highest BCUT2D eigenvalue weighted by Gasteiger charge is 2.13. The van der Waals surface area contributed by atoms with Gasteiger partial charge in [-0.15, -0.1) is 10.2 Å². The number of hydrogen-bond donors (Lipinski definition) is 0. The number of nitrogens with zero attached hydrogens (tertiary/aromatic N) is 4. The average molecular weight is 334 g/mol. The van der Waals surface area contributed by atoms with E-state index in [0.717, 1.165) is 5.56 Å². The van der Waals surface area contributed by atoms with Crippen LogP contribution in [0.2, 0.25) is 0 Å². The Kier molecular flexibility index (Phi) is 3.74. The lowest BCUT2D eigenvalue weighted by Gasteiger charge is -2.05. The van der Waals surface area contributed by atoms with Crippen LogP contribution in [-0.2, 0) is 0 Å². The second-order valence-electron chi connectivity index (χ2n) is 5.44. The van der Waals surface area contributed by atoms with Gasteiger partial charge in [-0.1, -0.05) is 30.3 Å². The van der Waals surface area contributed by atoms with E-state index >= 15 is 0 Å². The minimum Gasteiger partial charge on any atom is -0.454 e. The maximum absolute atomic E-state index is 12.7. The summed E-state index contributed by atoms with van der Waals surface area (Å²) < 4.78 is 11.9. The van der Waals surface area contributed by atoms with Crippen molar-refractivity contribution in [1.82, 2.24) is 14.9 Å². The molecule has 0 radical (unpaired) electrons.